The van der Waals surface area contributed by atoms with Gasteiger partial charge in [-0.05, 0) is 53.6 Å². The highest BCUT2D eigenvalue weighted by atomic mass is 16.6. The predicted molar refractivity (Wildman–Crippen MR) is 127 cm³/mol. The number of benzene rings is 2. The van der Waals surface area contributed by atoms with Gasteiger partial charge in [-0.25, -0.2) is 10.1 Å². The molecule has 4 aromatic rings. The van der Waals surface area contributed by atoms with Gasteiger partial charge in [-0.15, -0.1) is 5.10 Å². The quantitative estimate of drug-likeness (QED) is 0.227. The van der Waals surface area contributed by atoms with Crippen molar-refractivity contribution in [3.8, 4) is 40.1 Å². The summed E-state index contributed by atoms with van der Waals surface area (Å²) in [5.41, 5.74) is 9.54. The van der Waals surface area contributed by atoms with Crippen LogP contribution in [-0.2, 0) is 0 Å². The molecule has 0 saturated heterocycles. The zero-order valence-corrected chi connectivity index (χ0v) is 19.5. The fourth-order valence-corrected chi connectivity index (χ4v) is 3.26. The van der Waals surface area contributed by atoms with Crippen molar-refractivity contribution in [1.82, 2.24) is 30.7 Å². The van der Waals surface area contributed by atoms with Crippen molar-refractivity contribution < 1.29 is 28.7 Å². The molecule has 0 spiro atoms. The number of nitrogens with zero attached hydrogens (tertiary/aromatic N) is 6. The molecule has 36 heavy (non-hydrogen) atoms. The Balaban J connectivity index is 1.66. The van der Waals surface area contributed by atoms with Gasteiger partial charge in [0.2, 0.25) is 17.4 Å². The maximum absolute atomic E-state index is 13.0. The molecule has 14 heteroatoms. The van der Waals surface area contributed by atoms with E-state index < -0.39 is 5.91 Å². The molecule has 0 fully saturated rings. The summed E-state index contributed by atoms with van der Waals surface area (Å²) in [6.45, 7) is 2.38. The van der Waals surface area contributed by atoms with Gasteiger partial charge in [0, 0.05) is 11.1 Å². The number of carbonyl (C=O) groups excluding carboxylic acids is 1. The smallest absolute Gasteiger partial charge is 0.294 e. The number of anilines is 1. The zero-order valence-electron chi connectivity index (χ0n) is 19.5. The second kappa shape index (κ2) is 10.4. The number of ether oxygens (including phenoxy) is 3. The first-order valence-corrected chi connectivity index (χ1v) is 10.5. The first-order valence-electron chi connectivity index (χ1n) is 10.5. The summed E-state index contributed by atoms with van der Waals surface area (Å²) in [7, 11) is 2.81. The molecular weight excluding hydrogens is 472 g/mol. The summed E-state index contributed by atoms with van der Waals surface area (Å²) in [5, 5.41) is 29.3. The van der Waals surface area contributed by atoms with E-state index in [2.05, 4.69) is 35.8 Å². The molecule has 186 valence electrons. The summed E-state index contributed by atoms with van der Waals surface area (Å²) in [6, 6.07) is 10.0. The number of phenols is 1. The molecule has 0 atom stereocenters. The minimum absolute atomic E-state index is 0.0349. The Morgan fingerprint density at radius 1 is 1.19 bits per heavy atom. The first kappa shape index (κ1) is 24.0. The second-order valence-corrected chi connectivity index (χ2v) is 7.10. The lowest BCUT2D eigenvalue weighted by molar-refractivity contribution is 0.0950. The Bertz CT molecular complexity index is 1370. The maximum Gasteiger partial charge on any atom is 0.294 e. The van der Waals surface area contributed by atoms with Gasteiger partial charge in [-0.1, -0.05) is 5.21 Å². The molecule has 0 bridgehead atoms. The van der Waals surface area contributed by atoms with Crippen LogP contribution >= 0.6 is 0 Å². The summed E-state index contributed by atoms with van der Waals surface area (Å²) in [5.74, 6) is 0.236. The number of hydrogen-bond acceptors (Lipinski definition) is 12. The van der Waals surface area contributed by atoms with E-state index >= 15 is 0 Å². The molecule has 0 saturated carbocycles. The summed E-state index contributed by atoms with van der Waals surface area (Å²) in [4.78, 5) is 13.0. The zero-order chi connectivity index (χ0) is 25.7. The maximum atomic E-state index is 13.0. The molecule has 2 heterocycles. The van der Waals surface area contributed by atoms with Gasteiger partial charge in [-0.2, -0.15) is 9.78 Å². The van der Waals surface area contributed by atoms with Crippen molar-refractivity contribution in [2.24, 2.45) is 5.10 Å². The molecule has 0 unspecified atom stereocenters. The van der Waals surface area contributed by atoms with Crippen molar-refractivity contribution in [1.29, 1.82) is 0 Å². The number of phenolic OH excluding ortho intramolecular Hbond substituents is 1. The van der Waals surface area contributed by atoms with E-state index in [4.69, 9.17) is 19.9 Å². The SMILES string of the molecule is CCOc1ccc(-c2c(C(=O)N/N=C/c3cc(OC)c(O)c(OC)c3)nnn2-c2nonc2N)cc1. The van der Waals surface area contributed by atoms with E-state index in [0.717, 1.165) is 0 Å². The monoisotopic (exact) mass is 494 g/mol. The van der Waals surface area contributed by atoms with Crippen LogP contribution in [0.5, 0.6) is 23.0 Å². The molecule has 1 amide bonds. The van der Waals surface area contributed by atoms with Crippen LogP contribution in [-0.4, -0.2) is 63.4 Å². The fraction of sp³-hybridized carbons (Fsp3) is 0.182. The number of rotatable bonds is 9. The minimum atomic E-state index is -0.658. The van der Waals surface area contributed by atoms with Gasteiger partial charge in [-0.3, -0.25) is 4.79 Å². The third-order valence-electron chi connectivity index (χ3n) is 4.90. The molecule has 14 nitrogen and oxygen atoms in total. The Labute approximate surface area is 204 Å². The molecule has 2 aromatic heterocycles. The molecule has 2 aromatic carbocycles. The van der Waals surface area contributed by atoms with Crippen LogP contribution in [0.25, 0.3) is 17.1 Å². The van der Waals surface area contributed by atoms with E-state index in [-0.39, 0.29) is 40.3 Å². The number of nitrogens with one attached hydrogen (secondary N) is 1. The number of aromatic nitrogens is 5. The summed E-state index contributed by atoms with van der Waals surface area (Å²) in [6.07, 6.45) is 1.35. The Morgan fingerprint density at radius 3 is 2.47 bits per heavy atom. The van der Waals surface area contributed by atoms with E-state index in [1.54, 1.807) is 24.3 Å². The lowest BCUT2D eigenvalue weighted by atomic mass is 10.1. The van der Waals surface area contributed by atoms with Gasteiger partial charge in [0.05, 0.1) is 27.0 Å². The van der Waals surface area contributed by atoms with Gasteiger partial charge in [0.25, 0.3) is 5.91 Å². The molecule has 0 aliphatic rings. The lowest BCUT2D eigenvalue weighted by Crippen LogP contribution is -2.19. The van der Waals surface area contributed by atoms with Crippen molar-refractivity contribution in [2.75, 3.05) is 26.6 Å². The minimum Gasteiger partial charge on any atom is -0.502 e. The van der Waals surface area contributed by atoms with Crippen molar-refractivity contribution in [3.05, 3.63) is 47.7 Å². The van der Waals surface area contributed by atoms with Crippen molar-refractivity contribution in [2.45, 2.75) is 6.92 Å². The third-order valence-corrected chi connectivity index (χ3v) is 4.90. The van der Waals surface area contributed by atoms with Crippen LogP contribution in [0.1, 0.15) is 23.0 Å². The topological polar surface area (TPSA) is 185 Å². The fourth-order valence-electron chi connectivity index (χ4n) is 3.26. The number of nitrogen functional groups attached to an aromatic ring is 1. The van der Waals surface area contributed by atoms with Gasteiger partial charge in [0.15, 0.2) is 17.2 Å². The van der Waals surface area contributed by atoms with Crippen LogP contribution in [0.2, 0.25) is 0 Å². The number of hydrazone groups is 1. The van der Waals surface area contributed by atoms with E-state index in [0.29, 0.717) is 23.5 Å². The summed E-state index contributed by atoms with van der Waals surface area (Å²) < 4.78 is 21.7. The Morgan fingerprint density at radius 2 is 1.89 bits per heavy atom. The van der Waals surface area contributed by atoms with Gasteiger partial charge in [0.1, 0.15) is 11.4 Å². The van der Waals surface area contributed by atoms with E-state index in [1.807, 2.05) is 6.92 Å². The highest BCUT2D eigenvalue weighted by molar-refractivity contribution is 5.99. The summed E-state index contributed by atoms with van der Waals surface area (Å²) >= 11 is 0. The van der Waals surface area contributed by atoms with Crippen molar-refractivity contribution in [3.63, 3.8) is 0 Å². The lowest BCUT2D eigenvalue weighted by Gasteiger charge is -2.09. The van der Waals surface area contributed by atoms with Gasteiger partial charge >= 0.3 is 0 Å². The van der Waals surface area contributed by atoms with Crippen LogP contribution in [0.4, 0.5) is 5.82 Å². The number of nitrogens with two attached hydrogens (primary N) is 1. The van der Waals surface area contributed by atoms with Gasteiger partial charge < -0.3 is 25.1 Å². The largest absolute Gasteiger partial charge is 0.502 e. The van der Waals surface area contributed by atoms with Crippen LogP contribution in [0, 0.1) is 0 Å². The Kier molecular flexibility index (Phi) is 6.95. The highest BCUT2D eigenvalue weighted by Gasteiger charge is 2.25. The Hall–Kier alpha value is -5.14. The number of amides is 1. The standard InChI is InChI=1S/C22H22N8O6/c1-4-35-14-7-5-13(6-8-14)18-17(25-29-30(18)21-20(23)27-36-28-21)22(32)26-24-11-12-9-15(33-2)19(31)16(10-12)34-3/h5-11,31H,4H2,1-3H3,(H2,23,27)(H,26,32)/b24-11+. The number of hydrogen-bond donors (Lipinski definition) is 3. The molecule has 0 radical (unpaired) electrons. The van der Waals surface area contributed by atoms with E-state index in [9.17, 15) is 9.90 Å². The number of carbonyl (C=O) groups is 1. The van der Waals surface area contributed by atoms with Crippen LogP contribution in [0.15, 0.2) is 46.1 Å². The first-order chi connectivity index (χ1) is 17.5. The molecular formula is C22H22N8O6. The van der Waals surface area contributed by atoms with Crippen LogP contribution < -0.4 is 25.4 Å². The third kappa shape index (κ3) is 4.72. The molecule has 4 N–H and O–H groups in total. The molecule has 0 aliphatic carbocycles. The average molecular weight is 494 g/mol. The number of aromatic hydroxyl groups is 1. The van der Waals surface area contributed by atoms with Crippen molar-refractivity contribution >= 4 is 17.9 Å². The van der Waals surface area contributed by atoms with E-state index in [1.165, 1.54) is 37.2 Å². The average Bonchev–Trinajstić information content (AvgIpc) is 3.51. The number of methoxy groups -OCH3 is 2. The molecule has 4 rings (SSSR count). The normalized spacial score (nSPS) is 11.0. The molecule has 0 aliphatic heterocycles. The highest BCUT2D eigenvalue weighted by Crippen LogP contribution is 2.36. The predicted octanol–water partition coefficient (Wildman–Crippen LogP) is 1.78. The van der Waals surface area contributed by atoms with Crippen LogP contribution in [0.3, 0.4) is 0 Å². The second-order valence-electron chi connectivity index (χ2n) is 7.10.